The first-order valence-corrected chi connectivity index (χ1v) is 9.36. The molecule has 1 aromatic carbocycles. The maximum Gasteiger partial charge on any atom is 0.227 e. The van der Waals surface area contributed by atoms with Gasteiger partial charge in [0.2, 0.25) is 11.8 Å². The van der Waals surface area contributed by atoms with Crippen LogP contribution in [0.1, 0.15) is 24.5 Å². The Bertz CT molecular complexity index is 1050. The molecule has 4 rings (SSSR count). The highest BCUT2D eigenvalue weighted by molar-refractivity contribution is 5.91. The number of fused-ring (bicyclic) bond motifs is 1. The van der Waals surface area contributed by atoms with Crippen LogP contribution < -0.4 is 5.32 Å². The van der Waals surface area contributed by atoms with Gasteiger partial charge in [-0.05, 0) is 41.8 Å². The van der Waals surface area contributed by atoms with Gasteiger partial charge >= 0.3 is 0 Å². The highest BCUT2D eigenvalue weighted by Crippen LogP contribution is 2.28. The Morgan fingerprint density at radius 1 is 1.21 bits per heavy atom. The van der Waals surface area contributed by atoms with Crippen molar-refractivity contribution in [2.45, 2.75) is 19.8 Å². The van der Waals surface area contributed by atoms with Gasteiger partial charge in [-0.3, -0.25) is 9.59 Å². The maximum atomic E-state index is 12.6. The van der Waals surface area contributed by atoms with Crippen molar-refractivity contribution >= 4 is 34.1 Å². The smallest absolute Gasteiger partial charge is 0.227 e. The summed E-state index contributed by atoms with van der Waals surface area (Å²) in [7, 11) is 0. The number of pyridine rings is 1. The molecule has 0 saturated carbocycles. The van der Waals surface area contributed by atoms with Gasteiger partial charge in [-0.2, -0.15) is 0 Å². The fourth-order valence-corrected chi connectivity index (χ4v) is 3.56. The Morgan fingerprint density at radius 2 is 2.04 bits per heavy atom. The molecule has 0 aliphatic carbocycles. The molecule has 2 aromatic heterocycles. The van der Waals surface area contributed by atoms with E-state index in [2.05, 4.69) is 27.4 Å². The Kier molecular flexibility index (Phi) is 4.93. The van der Waals surface area contributed by atoms with Crippen molar-refractivity contribution in [1.29, 1.82) is 0 Å². The second-order valence-corrected chi connectivity index (χ2v) is 6.98. The number of carbonyl (C=O) groups is 2. The molecule has 2 N–H and O–H groups in total. The Balaban J connectivity index is 1.40. The lowest BCUT2D eigenvalue weighted by Gasteiger charge is -2.26. The third-order valence-electron chi connectivity index (χ3n) is 4.99. The molecular weight excluding hydrogens is 352 g/mol. The predicted molar refractivity (Wildman–Crippen MR) is 110 cm³/mol. The van der Waals surface area contributed by atoms with Gasteiger partial charge in [0.1, 0.15) is 5.65 Å². The molecule has 2 amide bonds. The first kappa shape index (κ1) is 18.0. The van der Waals surface area contributed by atoms with Crippen molar-refractivity contribution in [3.8, 4) is 0 Å². The van der Waals surface area contributed by atoms with Gasteiger partial charge in [-0.15, -0.1) is 0 Å². The molecule has 0 atom stereocenters. The topological polar surface area (TPSA) is 78.1 Å². The van der Waals surface area contributed by atoms with E-state index in [0.29, 0.717) is 19.5 Å². The van der Waals surface area contributed by atoms with Crippen LogP contribution in [0.4, 0.5) is 5.69 Å². The Morgan fingerprint density at radius 3 is 2.75 bits per heavy atom. The summed E-state index contributed by atoms with van der Waals surface area (Å²) in [5, 5.41) is 3.85. The first-order chi connectivity index (χ1) is 13.6. The molecular formula is C22H22N4O2. The van der Waals surface area contributed by atoms with Gasteiger partial charge in [0, 0.05) is 49.0 Å². The largest absolute Gasteiger partial charge is 0.346 e. The Hall–Kier alpha value is -3.41. The summed E-state index contributed by atoms with van der Waals surface area (Å²) in [5.74, 6) is 0.00823. The van der Waals surface area contributed by atoms with E-state index in [0.717, 1.165) is 28.7 Å². The third-order valence-corrected chi connectivity index (χ3v) is 4.99. The average Bonchev–Trinajstić information content (AvgIpc) is 3.13. The summed E-state index contributed by atoms with van der Waals surface area (Å²) in [6.07, 6.45) is 7.10. The van der Waals surface area contributed by atoms with Crippen molar-refractivity contribution in [2.24, 2.45) is 0 Å². The summed E-state index contributed by atoms with van der Waals surface area (Å²) in [5.41, 5.74) is 4.99. The summed E-state index contributed by atoms with van der Waals surface area (Å²) in [6.45, 7) is 2.80. The van der Waals surface area contributed by atoms with Crippen LogP contribution in [0.2, 0.25) is 0 Å². The number of hydrogen-bond donors (Lipinski definition) is 2. The normalized spacial score (nSPS) is 14.0. The minimum Gasteiger partial charge on any atom is -0.346 e. The van der Waals surface area contributed by atoms with Crippen LogP contribution in [0.5, 0.6) is 0 Å². The van der Waals surface area contributed by atoms with Gasteiger partial charge in [0.05, 0.1) is 6.42 Å². The monoisotopic (exact) mass is 374 g/mol. The van der Waals surface area contributed by atoms with Crippen LogP contribution in [0, 0.1) is 0 Å². The minimum absolute atomic E-state index is 0.106. The number of aromatic amines is 1. The third kappa shape index (κ3) is 3.81. The number of carbonyl (C=O) groups excluding carboxylic acids is 2. The molecule has 6 heteroatoms. The fraction of sp³-hybridized carbons (Fsp3) is 0.227. The van der Waals surface area contributed by atoms with Gasteiger partial charge in [0.15, 0.2) is 0 Å². The summed E-state index contributed by atoms with van der Waals surface area (Å²) >= 11 is 0. The van der Waals surface area contributed by atoms with Crippen LogP contribution in [0.25, 0.3) is 16.6 Å². The van der Waals surface area contributed by atoms with Gasteiger partial charge in [0.25, 0.3) is 0 Å². The van der Waals surface area contributed by atoms with Crippen LogP contribution in [-0.4, -0.2) is 39.8 Å². The van der Waals surface area contributed by atoms with E-state index >= 15 is 0 Å². The first-order valence-electron chi connectivity index (χ1n) is 9.36. The van der Waals surface area contributed by atoms with Crippen LogP contribution in [-0.2, 0) is 16.0 Å². The second-order valence-electron chi connectivity index (χ2n) is 6.98. The number of benzene rings is 1. The zero-order chi connectivity index (χ0) is 19.5. The average molecular weight is 374 g/mol. The lowest BCUT2D eigenvalue weighted by molar-refractivity contribution is -0.130. The van der Waals surface area contributed by atoms with Crippen molar-refractivity contribution in [3.63, 3.8) is 0 Å². The lowest BCUT2D eigenvalue weighted by Crippen LogP contribution is -2.35. The quantitative estimate of drug-likeness (QED) is 0.735. The number of anilines is 1. The molecule has 6 nitrogen and oxygen atoms in total. The standard InChI is InChI=1S/C22H22N4O2/c1-15(27)25-18-6-4-16(5-7-18)13-21(28)26-11-8-17(9-12-26)20-14-24-22-19(20)3-2-10-23-22/h2-8,10,14H,9,11-13H2,1H3,(H,23,24)(H,25,27). The molecule has 0 unspecified atom stereocenters. The van der Waals surface area contributed by atoms with Crippen molar-refractivity contribution in [2.75, 3.05) is 18.4 Å². The molecule has 0 spiro atoms. The molecule has 1 aliphatic rings. The summed E-state index contributed by atoms with van der Waals surface area (Å²) < 4.78 is 0. The van der Waals surface area contributed by atoms with Crippen LogP contribution in [0.3, 0.4) is 0 Å². The van der Waals surface area contributed by atoms with Gasteiger partial charge in [-0.25, -0.2) is 4.98 Å². The predicted octanol–water partition coefficient (Wildman–Crippen LogP) is 3.38. The highest BCUT2D eigenvalue weighted by Gasteiger charge is 2.19. The molecule has 0 bridgehead atoms. The summed E-state index contributed by atoms with van der Waals surface area (Å²) in [6, 6.07) is 11.4. The number of H-pyrrole nitrogens is 1. The van der Waals surface area contributed by atoms with E-state index in [9.17, 15) is 9.59 Å². The van der Waals surface area contributed by atoms with E-state index < -0.39 is 0 Å². The van der Waals surface area contributed by atoms with E-state index in [-0.39, 0.29) is 11.8 Å². The molecule has 142 valence electrons. The highest BCUT2D eigenvalue weighted by atomic mass is 16.2. The van der Waals surface area contributed by atoms with Crippen molar-refractivity contribution in [1.82, 2.24) is 14.9 Å². The fourth-order valence-electron chi connectivity index (χ4n) is 3.56. The minimum atomic E-state index is -0.106. The lowest BCUT2D eigenvalue weighted by atomic mass is 9.99. The Labute approximate surface area is 163 Å². The van der Waals surface area contributed by atoms with Crippen molar-refractivity contribution in [3.05, 3.63) is 66.0 Å². The summed E-state index contributed by atoms with van der Waals surface area (Å²) in [4.78, 5) is 33.2. The number of hydrogen-bond acceptors (Lipinski definition) is 3. The number of rotatable bonds is 4. The van der Waals surface area contributed by atoms with E-state index in [1.165, 1.54) is 18.1 Å². The van der Waals surface area contributed by atoms with Crippen molar-refractivity contribution < 1.29 is 9.59 Å². The number of nitrogens with zero attached hydrogens (tertiary/aromatic N) is 2. The van der Waals surface area contributed by atoms with E-state index in [4.69, 9.17) is 0 Å². The molecule has 0 radical (unpaired) electrons. The SMILES string of the molecule is CC(=O)Nc1ccc(CC(=O)N2CC=C(c3c[nH]c4ncccc34)CC2)cc1. The number of nitrogens with one attached hydrogen (secondary N) is 2. The van der Waals surface area contributed by atoms with Crippen LogP contribution in [0.15, 0.2) is 54.9 Å². The van der Waals surface area contributed by atoms with E-state index in [1.807, 2.05) is 41.4 Å². The van der Waals surface area contributed by atoms with Crippen LogP contribution >= 0.6 is 0 Å². The van der Waals surface area contributed by atoms with Gasteiger partial charge < -0.3 is 15.2 Å². The molecule has 0 fully saturated rings. The molecule has 0 saturated heterocycles. The van der Waals surface area contributed by atoms with Gasteiger partial charge in [-0.1, -0.05) is 18.2 Å². The maximum absolute atomic E-state index is 12.6. The molecule has 3 aromatic rings. The zero-order valence-corrected chi connectivity index (χ0v) is 15.7. The van der Waals surface area contributed by atoms with E-state index in [1.54, 1.807) is 6.20 Å². The molecule has 28 heavy (non-hydrogen) atoms. The number of amides is 2. The zero-order valence-electron chi connectivity index (χ0n) is 15.7. The molecule has 3 heterocycles. The number of aromatic nitrogens is 2. The molecule has 1 aliphatic heterocycles. The second kappa shape index (κ2) is 7.68.